The first-order valence-electron chi connectivity index (χ1n) is 8.48. The van der Waals surface area contributed by atoms with Crippen molar-refractivity contribution in [1.29, 1.82) is 0 Å². The molecule has 0 saturated carbocycles. The minimum atomic E-state index is -0.616. The van der Waals surface area contributed by atoms with Crippen LogP contribution in [0.2, 0.25) is 0 Å². The standard InChI is InChI=1S/C21H22O7/c1-13(22)14-5-7-19(26-3)15(9-14)10-21(24)28-12-18(23)17-11-16(25-2)6-8-20(17)27-4/h5-9,11H,10,12H2,1-4H3. The third-order valence-corrected chi connectivity index (χ3v) is 4.09. The van der Waals surface area contributed by atoms with Crippen LogP contribution in [0.4, 0.5) is 0 Å². The number of methoxy groups -OCH3 is 3. The second kappa shape index (κ2) is 9.55. The van der Waals surface area contributed by atoms with Crippen LogP contribution in [0.5, 0.6) is 17.2 Å². The molecule has 7 nitrogen and oxygen atoms in total. The summed E-state index contributed by atoms with van der Waals surface area (Å²) in [7, 11) is 4.40. The monoisotopic (exact) mass is 386 g/mol. The summed E-state index contributed by atoms with van der Waals surface area (Å²) in [6.07, 6.45) is -0.132. The van der Waals surface area contributed by atoms with Crippen LogP contribution in [0.1, 0.15) is 33.2 Å². The molecule has 0 amide bonds. The minimum absolute atomic E-state index is 0.127. The molecule has 2 aromatic rings. The van der Waals surface area contributed by atoms with Gasteiger partial charge in [-0.15, -0.1) is 0 Å². The summed E-state index contributed by atoms with van der Waals surface area (Å²) < 4.78 is 20.6. The Morgan fingerprint density at radius 1 is 0.857 bits per heavy atom. The van der Waals surface area contributed by atoms with Crippen molar-refractivity contribution in [2.75, 3.05) is 27.9 Å². The highest BCUT2D eigenvalue weighted by Crippen LogP contribution is 2.25. The maximum atomic E-state index is 12.4. The van der Waals surface area contributed by atoms with E-state index in [2.05, 4.69) is 0 Å². The Morgan fingerprint density at radius 3 is 2.14 bits per heavy atom. The molecule has 0 aliphatic carbocycles. The Morgan fingerprint density at radius 2 is 1.54 bits per heavy atom. The number of ketones is 2. The van der Waals surface area contributed by atoms with E-state index in [1.165, 1.54) is 34.3 Å². The molecular weight excluding hydrogens is 364 g/mol. The van der Waals surface area contributed by atoms with Crippen LogP contribution in [-0.2, 0) is 16.0 Å². The Hall–Kier alpha value is -3.35. The number of Topliss-reactive ketones (excluding diaryl/α,β-unsaturated/α-hetero) is 2. The van der Waals surface area contributed by atoms with Gasteiger partial charge in [0.25, 0.3) is 0 Å². The van der Waals surface area contributed by atoms with Gasteiger partial charge in [0.2, 0.25) is 5.78 Å². The number of benzene rings is 2. The number of ether oxygens (including phenoxy) is 4. The topological polar surface area (TPSA) is 88.1 Å². The van der Waals surface area contributed by atoms with E-state index in [1.54, 1.807) is 30.3 Å². The van der Waals surface area contributed by atoms with E-state index in [4.69, 9.17) is 18.9 Å². The summed E-state index contributed by atoms with van der Waals surface area (Å²) >= 11 is 0. The Labute approximate surface area is 163 Å². The van der Waals surface area contributed by atoms with Gasteiger partial charge in [0, 0.05) is 11.1 Å². The quantitative estimate of drug-likeness (QED) is 0.484. The molecule has 28 heavy (non-hydrogen) atoms. The van der Waals surface area contributed by atoms with Crippen molar-refractivity contribution in [2.45, 2.75) is 13.3 Å². The van der Waals surface area contributed by atoms with Crippen LogP contribution in [0.15, 0.2) is 36.4 Å². The highest BCUT2D eigenvalue weighted by atomic mass is 16.5. The zero-order chi connectivity index (χ0) is 20.7. The van der Waals surface area contributed by atoms with Gasteiger partial charge in [0.15, 0.2) is 12.4 Å². The lowest BCUT2D eigenvalue weighted by Crippen LogP contribution is -2.17. The summed E-state index contributed by atoms with van der Waals surface area (Å²) in [4.78, 5) is 36.2. The lowest BCUT2D eigenvalue weighted by Gasteiger charge is -2.11. The third-order valence-electron chi connectivity index (χ3n) is 4.09. The number of hydrogen-bond acceptors (Lipinski definition) is 7. The molecule has 0 radical (unpaired) electrons. The lowest BCUT2D eigenvalue weighted by molar-refractivity contribution is -0.141. The first kappa shape index (κ1) is 21.0. The lowest BCUT2D eigenvalue weighted by atomic mass is 10.0. The molecule has 0 aliphatic rings. The Bertz CT molecular complexity index is 886. The number of rotatable bonds is 9. The molecule has 0 aliphatic heterocycles. The van der Waals surface area contributed by atoms with Gasteiger partial charge in [0.05, 0.1) is 33.3 Å². The molecule has 0 heterocycles. The molecular formula is C21H22O7. The average molecular weight is 386 g/mol. The van der Waals surface area contributed by atoms with Crippen molar-refractivity contribution < 1.29 is 33.3 Å². The predicted octanol–water partition coefficient (Wildman–Crippen LogP) is 2.88. The number of esters is 1. The number of carbonyl (C=O) groups is 3. The van der Waals surface area contributed by atoms with Crippen molar-refractivity contribution in [3.8, 4) is 17.2 Å². The third kappa shape index (κ3) is 5.09. The molecule has 2 rings (SSSR count). The first-order chi connectivity index (χ1) is 13.4. The van der Waals surface area contributed by atoms with Crippen LogP contribution in [0.3, 0.4) is 0 Å². The highest BCUT2D eigenvalue weighted by molar-refractivity contribution is 6.01. The molecule has 0 N–H and O–H groups in total. The summed E-state index contributed by atoms with van der Waals surface area (Å²) in [5, 5.41) is 0. The minimum Gasteiger partial charge on any atom is -0.497 e. The van der Waals surface area contributed by atoms with E-state index in [0.717, 1.165) is 0 Å². The average Bonchev–Trinajstić information content (AvgIpc) is 2.71. The maximum absolute atomic E-state index is 12.4. The molecule has 0 unspecified atom stereocenters. The van der Waals surface area contributed by atoms with Crippen LogP contribution < -0.4 is 14.2 Å². The molecule has 0 atom stereocenters. The zero-order valence-corrected chi connectivity index (χ0v) is 16.2. The van der Waals surface area contributed by atoms with Gasteiger partial charge in [-0.05, 0) is 43.3 Å². The number of carbonyl (C=O) groups excluding carboxylic acids is 3. The van der Waals surface area contributed by atoms with E-state index in [9.17, 15) is 14.4 Å². The zero-order valence-electron chi connectivity index (χ0n) is 16.2. The van der Waals surface area contributed by atoms with E-state index in [1.807, 2.05) is 0 Å². The second-order valence-corrected chi connectivity index (χ2v) is 5.91. The molecule has 2 aromatic carbocycles. The fourth-order valence-electron chi connectivity index (χ4n) is 2.60. The van der Waals surface area contributed by atoms with Crippen LogP contribution in [-0.4, -0.2) is 45.5 Å². The molecule has 0 fully saturated rings. The van der Waals surface area contributed by atoms with Gasteiger partial charge >= 0.3 is 5.97 Å². The van der Waals surface area contributed by atoms with Crippen molar-refractivity contribution in [3.05, 3.63) is 53.1 Å². The van der Waals surface area contributed by atoms with Gasteiger partial charge in [-0.1, -0.05) is 0 Å². The van der Waals surface area contributed by atoms with Crippen molar-refractivity contribution >= 4 is 17.5 Å². The van der Waals surface area contributed by atoms with E-state index >= 15 is 0 Å². The maximum Gasteiger partial charge on any atom is 0.310 e. The normalized spacial score (nSPS) is 10.1. The van der Waals surface area contributed by atoms with E-state index < -0.39 is 18.4 Å². The van der Waals surface area contributed by atoms with Crippen LogP contribution in [0, 0.1) is 0 Å². The molecule has 148 valence electrons. The van der Waals surface area contributed by atoms with Crippen molar-refractivity contribution in [2.24, 2.45) is 0 Å². The summed E-state index contributed by atoms with van der Waals surface area (Å²) in [6.45, 7) is 0.987. The van der Waals surface area contributed by atoms with Gasteiger partial charge in [-0.25, -0.2) is 0 Å². The highest BCUT2D eigenvalue weighted by Gasteiger charge is 2.17. The molecule has 0 aromatic heterocycles. The predicted molar refractivity (Wildman–Crippen MR) is 102 cm³/mol. The Kier molecular flexibility index (Phi) is 7.14. The molecule has 0 bridgehead atoms. The van der Waals surface area contributed by atoms with Crippen LogP contribution in [0.25, 0.3) is 0 Å². The van der Waals surface area contributed by atoms with Gasteiger partial charge < -0.3 is 18.9 Å². The fourth-order valence-corrected chi connectivity index (χ4v) is 2.60. The van der Waals surface area contributed by atoms with Crippen molar-refractivity contribution in [3.63, 3.8) is 0 Å². The first-order valence-corrected chi connectivity index (χ1v) is 8.48. The van der Waals surface area contributed by atoms with Gasteiger partial charge in [0.1, 0.15) is 17.2 Å². The molecule has 0 saturated heterocycles. The molecule has 7 heteroatoms. The van der Waals surface area contributed by atoms with Crippen LogP contribution >= 0.6 is 0 Å². The second-order valence-electron chi connectivity index (χ2n) is 5.91. The smallest absolute Gasteiger partial charge is 0.310 e. The van der Waals surface area contributed by atoms with Gasteiger partial charge in [-0.2, -0.15) is 0 Å². The summed E-state index contributed by atoms with van der Waals surface area (Å²) in [5.41, 5.74) is 1.22. The molecule has 0 spiro atoms. The van der Waals surface area contributed by atoms with Gasteiger partial charge in [-0.3, -0.25) is 14.4 Å². The summed E-state index contributed by atoms with van der Waals surface area (Å²) in [6, 6.07) is 9.60. The largest absolute Gasteiger partial charge is 0.497 e. The fraction of sp³-hybridized carbons (Fsp3) is 0.286. The van der Waals surface area contributed by atoms with E-state index in [0.29, 0.717) is 28.4 Å². The summed E-state index contributed by atoms with van der Waals surface area (Å²) in [5.74, 6) is 0.141. The number of hydrogen-bond donors (Lipinski definition) is 0. The SMILES string of the molecule is COc1ccc(OC)c(C(=O)COC(=O)Cc2cc(C(C)=O)ccc2OC)c1. The van der Waals surface area contributed by atoms with E-state index in [-0.39, 0.29) is 17.8 Å². The van der Waals surface area contributed by atoms with Crippen molar-refractivity contribution in [1.82, 2.24) is 0 Å². The Balaban J connectivity index is 2.08.